The summed E-state index contributed by atoms with van der Waals surface area (Å²) in [6, 6.07) is 11.7. The number of anilines is 2. The van der Waals surface area contributed by atoms with E-state index in [1.165, 1.54) is 55.1 Å². The molecule has 0 saturated heterocycles. The zero-order valence-electron chi connectivity index (χ0n) is 19.4. The highest BCUT2D eigenvalue weighted by molar-refractivity contribution is 5.92. The maximum absolute atomic E-state index is 15.2. The van der Waals surface area contributed by atoms with Crippen molar-refractivity contribution in [3.8, 4) is 22.3 Å². The van der Waals surface area contributed by atoms with Gasteiger partial charge in [0.15, 0.2) is 22.9 Å². The minimum atomic E-state index is -0.743. The molecule has 7 nitrogen and oxygen atoms in total. The first-order valence-corrected chi connectivity index (χ1v) is 11.4. The van der Waals surface area contributed by atoms with Crippen LogP contribution in [0.2, 0.25) is 0 Å². The van der Waals surface area contributed by atoms with Crippen molar-refractivity contribution in [1.29, 1.82) is 0 Å². The van der Waals surface area contributed by atoms with Crippen LogP contribution >= 0.6 is 0 Å². The van der Waals surface area contributed by atoms with Crippen LogP contribution in [0.1, 0.15) is 0 Å². The molecule has 0 amide bonds. The molecule has 0 bridgehead atoms. The smallest absolute Gasteiger partial charge is 0.175 e. The van der Waals surface area contributed by atoms with E-state index in [1.54, 1.807) is 24.5 Å². The summed E-state index contributed by atoms with van der Waals surface area (Å²) >= 11 is 0. The molecule has 0 spiro atoms. The van der Waals surface area contributed by atoms with E-state index in [4.69, 9.17) is 0 Å². The van der Waals surface area contributed by atoms with Crippen LogP contribution < -0.4 is 10.8 Å². The maximum atomic E-state index is 15.2. The summed E-state index contributed by atoms with van der Waals surface area (Å²) in [4.78, 5) is 21.2. The lowest BCUT2D eigenvalue weighted by Crippen LogP contribution is -2.04. The number of benzene rings is 2. The van der Waals surface area contributed by atoms with Crippen molar-refractivity contribution in [2.75, 3.05) is 5.32 Å². The molecule has 2 aromatic carbocycles. The van der Waals surface area contributed by atoms with Gasteiger partial charge in [-0.1, -0.05) is 36.4 Å². The molecule has 6 rings (SSSR count). The van der Waals surface area contributed by atoms with Gasteiger partial charge in [-0.3, -0.25) is 0 Å². The minimum absolute atomic E-state index is 0.0285. The van der Waals surface area contributed by atoms with Gasteiger partial charge in [0.2, 0.25) is 0 Å². The number of H-pyrrole nitrogens is 3. The summed E-state index contributed by atoms with van der Waals surface area (Å²) in [5, 5.41) is 3.80. The highest BCUT2D eigenvalue weighted by Crippen LogP contribution is 2.32. The van der Waals surface area contributed by atoms with E-state index < -0.39 is 23.3 Å². The summed E-state index contributed by atoms with van der Waals surface area (Å²) in [5.41, 5.74) is 0.399. The van der Waals surface area contributed by atoms with Crippen LogP contribution in [0.25, 0.3) is 33.0 Å². The first-order chi connectivity index (χ1) is 18.5. The lowest BCUT2D eigenvalue weighted by atomic mass is 10.1. The molecule has 4 N–H and O–H groups in total. The van der Waals surface area contributed by atoms with Crippen LogP contribution in [0.15, 0.2) is 84.6 Å². The molecule has 4 heterocycles. The van der Waals surface area contributed by atoms with Crippen molar-refractivity contribution in [1.82, 2.24) is 24.9 Å². The average molecular weight is 515 g/mol. The number of fused-ring (bicyclic) bond motifs is 1. The molecule has 0 aliphatic heterocycles. The van der Waals surface area contributed by atoms with Gasteiger partial charge in [-0.05, 0) is 12.1 Å². The summed E-state index contributed by atoms with van der Waals surface area (Å²) in [7, 11) is 0. The number of nitrogens with one attached hydrogen (secondary N) is 4. The lowest BCUT2D eigenvalue weighted by molar-refractivity contribution is 0.618. The fourth-order valence-electron chi connectivity index (χ4n) is 4.16. The van der Waals surface area contributed by atoms with Gasteiger partial charge in [-0.15, -0.1) is 0 Å². The van der Waals surface area contributed by atoms with Crippen molar-refractivity contribution in [3.05, 3.63) is 108 Å². The molecule has 0 atom stereocenters. The molecule has 4 aromatic heterocycles. The number of hydrogen-bond donors (Lipinski definition) is 4. The first-order valence-electron chi connectivity index (χ1n) is 11.4. The SMILES string of the molecule is Fc1ccccc1-c1c[nH]c(/N=c2\ncnc(Nc3[nH]cc(-c4ccccc4F)c3F)c3c[nH]cc23)c1F. The van der Waals surface area contributed by atoms with Gasteiger partial charge >= 0.3 is 0 Å². The Morgan fingerprint density at radius 1 is 0.658 bits per heavy atom. The predicted molar refractivity (Wildman–Crippen MR) is 135 cm³/mol. The topological polar surface area (TPSA) is 97.5 Å². The van der Waals surface area contributed by atoms with Crippen molar-refractivity contribution < 1.29 is 17.6 Å². The normalized spacial score (nSPS) is 11.8. The van der Waals surface area contributed by atoms with Gasteiger partial charge in [0.1, 0.15) is 29.6 Å². The Hall–Kier alpha value is -5.19. The van der Waals surface area contributed by atoms with E-state index in [9.17, 15) is 8.78 Å². The Bertz CT molecular complexity index is 1870. The van der Waals surface area contributed by atoms with Crippen molar-refractivity contribution in [2.45, 2.75) is 0 Å². The Balaban J connectivity index is 1.40. The third kappa shape index (κ3) is 3.99. The van der Waals surface area contributed by atoms with Gasteiger partial charge in [0.05, 0.1) is 0 Å². The van der Waals surface area contributed by atoms with E-state index in [0.717, 1.165) is 0 Å². The molecule has 0 radical (unpaired) electrons. The van der Waals surface area contributed by atoms with Crippen molar-refractivity contribution in [2.24, 2.45) is 4.99 Å². The van der Waals surface area contributed by atoms with Crippen LogP contribution in [-0.2, 0) is 0 Å². The van der Waals surface area contributed by atoms with E-state index in [-0.39, 0.29) is 45.2 Å². The van der Waals surface area contributed by atoms with Gasteiger partial charge in [-0.25, -0.2) is 32.5 Å². The van der Waals surface area contributed by atoms with Crippen LogP contribution in [0.3, 0.4) is 0 Å². The van der Waals surface area contributed by atoms with Crippen LogP contribution in [0.5, 0.6) is 0 Å². The average Bonchev–Trinajstić information content (AvgIpc) is 3.61. The van der Waals surface area contributed by atoms with E-state index in [2.05, 4.69) is 35.2 Å². The van der Waals surface area contributed by atoms with E-state index >= 15 is 8.78 Å². The Labute approximate surface area is 212 Å². The van der Waals surface area contributed by atoms with E-state index in [1.807, 2.05) is 0 Å². The summed E-state index contributed by atoms with van der Waals surface area (Å²) in [6.45, 7) is 0. The Kier molecular flexibility index (Phi) is 5.72. The number of aromatic amines is 3. The van der Waals surface area contributed by atoms with Crippen LogP contribution in [-0.4, -0.2) is 24.9 Å². The number of aromatic nitrogens is 5. The Morgan fingerprint density at radius 3 is 2.00 bits per heavy atom. The molecule has 11 heteroatoms. The number of rotatable bonds is 5. The van der Waals surface area contributed by atoms with Gasteiger partial charge in [0.25, 0.3) is 0 Å². The zero-order chi connectivity index (χ0) is 26.2. The summed E-state index contributed by atoms with van der Waals surface area (Å²) in [5.74, 6) is -2.53. The Morgan fingerprint density at radius 2 is 1.29 bits per heavy atom. The second kappa shape index (κ2) is 9.36. The monoisotopic (exact) mass is 515 g/mol. The fourth-order valence-corrected chi connectivity index (χ4v) is 4.16. The number of halogens is 4. The third-order valence-electron chi connectivity index (χ3n) is 6.01. The summed E-state index contributed by atoms with van der Waals surface area (Å²) in [6.07, 6.45) is 7.06. The molecule has 0 aliphatic carbocycles. The number of nitrogens with zero attached hydrogens (tertiary/aromatic N) is 3. The molecule has 6 aromatic rings. The molecule has 0 unspecified atom stereocenters. The largest absolute Gasteiger partial charge is 0.366 e. The second-order valence-corrected chi connectivity index (χ2v) is 8.28. The zero-order valence-corrected chi connectivity index (χ0v) is 19.4. The molecular formula is C27H17F4N7. The van der Waals surface area contributed by atoms with Gasteiger partial charge in [-0.2, -0.15) is 0 Å². The first kappa shape index (κ1) is 23.2. The third-order valence-corrected chi connectivity index (χ3v) is 6.01. The molecule has 0 aliphatic rings. The highest BCUT2D eigenvalue weighted by atomic mass is 19.1. The standard InChI is InChI=1S/C27H17F4N7/c28-20-7-3-1-5-14(20)16-11-33-26(22(16)30)37-24-18-9-32-10-19(18)25(36-13-35-24)38-27-23(31)17(12-34-27)15-6-2-4-8-21(15)29/h1-13,32-34H,(H,35,36,37,38). The highest BCUT2D eigenvalue weighted by Gasteiger charge is 2.18. The minimum Gasteiger partial charge on any atom is -0.366 e. The van der Waals surface area contributed by atoms with Crippen molar-refractivity contribution >= 4 is 28.2 Å². The second-order valence-electron chi connectivity index (χ2n) is 8.28. The maximum Gasteiger partial charge on any atom is 0.175 e. The molecule has 0 fully saturated rings. The van der Waals surface area contributed by atoms with Crippen molar-refractivity contribution in [3.63, 3.8) is 0 Å². The fraction of sp³-hybridized carbons (Fsp3) is 0. The number of hydrogen-bond acceptors (Lipinski definition) is 4. The van der Waals surface area contributed by atoms with E-state index in [0.29, 0.717) is 10.8 Å². The van der Waals surface area contributed by atoms with Crippen LogP contribution in [0, 0.1) is 23.3 Å². The predicted octanol–water partition coefficient (Wildman–Crippen LogP) is 6.48. The molecule has 0 saturated carbocycles. The molecule has 188 valence electrons. The quantitative estimate of drug-likeness (QED) is 0.198. The summed E-state index contributed by atoms with van der Waals surface area (Å²) < 4.78 is 58.7. The molecule has 38 heavy (non-hydrogen) atoms. The van der Waals surface area contributed by atoms with Gasteiger partial charge < -0.3 is 20.3 Å². The van der Waals surface area contributed by atoms with Crippen LogP contribution in [0.4, 0.5) is 35.0 Å². The molecular weight excluding hydrogens is 498 g/mol. The lowest BCUT2D eigenvalue weighted by Gasteiger charge is -2.03. The van der Waals surface area contributed by atoms with Gasteiger partial charge in [0, 0.05) is 57.8 Å².